The first-order valence-corrected chi connectivity index (χ1v) is 9.25. The molecule has 4 aromatic rings. The van der Waals surface area contributed by atoms with Crippen LogP contribution in [-0.4, -0.2) is 44.4 Å². The molecule has 4 heterocycles. The van der Waals surface area contributed by atoms with E-state index in [1.54, 1.807) is 4.52 Å². The summed E-state index contributed by atoms with van der Waals surface area (Å²) in [5, 5.41) is 17.6. The molecule has 0 radical (unpaired) electrons. The standard InChI is InChI=1S/C20H21N7/c1-14-23-24-19-6-7-20(25-27(14)19)26-12-15(13-26)10-21-11-16-8-9-22-18-5-3-2-4-17(16)18/h2-9,15,21H,10-13H2,1H3. The van der Waals surface area contributed by atoms with Crippen molar-refractivity contribution in [2.24, 2.45) is 5.92 Å². The minimum absolute atomic E-state index is 0.637. The van der Waals surface area contributed by atoms with E-state index in [1.165, 1.54) is 10.9 Å². The zero-order valence-electron chi connectivity index (χ0n) is 15.2. The Balaban J connectivity index is 1.17. The lowest BCUT2D eigenvalue weighted by Gasteiger charge is -2.40. The summed E-state index contributed by atoms with van der Waals surface area (Å²) < 4.78 is 1.80. The first-order chi connectivity index (χ1) is 13.3. The third-order valence-electron chi connectivity index (χ3n) is 5.17. The van der Waals surface area contributed by atoms with Gasteiger partial charge in [0.1, 0.15) is 5.82 Å². The Morgan fingerprint density at radius 3 is 2.89 bits per heavy atom. The molecule has 0 atom stereocenters. The van der Waals surface area contributed by atoms with E-state index in [4.69, 9.17) is 0 Å². The van der Waals surface area contributed by atoms with Crippen molar-refractivity contribution in [3.05, 3.63) is 60.0 Å². The topological polar surface area (TPSA) is 71.2 Å². The van der Waals surface area contributed by atoms with E-state index in [9.17, 15) is 0 Å². The van der Waals surface area contributed by atoms with Gasteiger partial charge in [-0.05, 0) is 36.8 Å². The molecular weight excluding hydrogens is 338 g/mol. The molecular formula is C20H21N7. The molecule has 0 saturated carbocycles. The average Bonchev–Trinajstić information content (AvgIpc) is 3.04. The van der Waals surface area contributed by atoms with E-state index in [-0.39, 0.29) is 0 Å². The molecule has 1 N–H and O–H groups in total. The molecule has 3 aromatic heterocycles. The van der Waals surface area contributed by atoms with Crippen LogP contribution < -0.4 is 10.2 Å². The van der Waals surface area contributed by atoms with E-state index in [2.05, 4.69) is 54.8 Å². The summed E-state index contributed by atoms with van der Waals surface area (Å²) in [6, 6.07) is 14.4. The fourth-order valence-electron chi connectivity index (χ4n) is 3.66. The van der Waals surface area contributed by atoms with Gasteiger partial charge in [0.15, 0.2) is 11.5 Å². The summed E-state index contributed by atoms with van der Waals surface area (Å²) in [6.07, 6.45) is 1.89. The first kappa shape index (κ1) is 16.1. The Bertz CT molecular complexity index is 1090. The van der Waals surface area contributed by atoms with Gasteiger partial charge in [0.2, 0.25) is 0 Å². The second-order valence-electron chi connectivity index (χ2n) is 7.10. The zero-order chi connectivity index (χ0) is 18.2. The van der Waals surface area contributed by atoms with Crippen molar-refractivity contribution < 1.29 is 0 Å². The summed E-state index contributed by atoms with van der Waals surface area (Å²) in [4.78, 5) is 6.73. The molecule has 1 aliphatic heterocycles. The van der Waals surface area contributed by atoms with Crippen LogP contribution >= 0.6 is 0 Å². The van der Waals surface area contributed by atoms with Gasteiger partial charge in [-0.25, -0.2) is 0 Å². The van der Waals surface area contributed by atoms with Gasteiger partial charge in [-0.2, -0.15) is 4.52 Å². The molecule has 27 heavy (non-hydrogen) atoms. The van der Waals surface area contributed by atoms with Crippen molar-refractivity contribution in [1.82, 2.24) is 30.1 Å². The van der Waals surface area contributed by atoms with Gasteiger partial charge in [0.25, 0.3) is 0 Å². The molecule has 1 aliphatic rings. The highest BCUT2D eigenvalue weighted by atomic mass is 15.4. The van der Waals surface area contributed by atoms with E-state index in [0.717, 1.165) is 49.0 Å². The lowest BCUT2D eigenvalue weighted by atomic mass is 10.00. The lowest BCUT2D eigenvalue weighted by molar-refractivity contribution is 0.381. The largest absolute Gasteiger partial charge is 0.354 e. The molecule has 136 valence electrons. The Hall–Kier alpha value is -3.06. The monoisotopic (exact) mass is 359 g/mol. The van der Waals surface area contributed by atoms with Crippen LogP contribution in [0.25, 0.3) is 16.6 Å². The van der Waals surface area contributed by atoms with Crippen LogP contribution in [-0.2, 0) is 6.54 Å². The van der Waals surface area contributed by atoms with E-state index < -0.39 is 0 Å². The lowest BCUT2D eigenvalue weighted by Crippen LogP contribution is -2.51. The SMILES string of the molecule is Cc1nnc2ccc(N3CC(CNCc4ccnc5ccccc45)C3)nn12. The highest BCUT2D eigenvalue weighted by Crippen LogP contribution is 2.23. The Labute approximate surface area is 157 Å². The van der Waals surface area contributed by atoms with Gasteiger partial charge < -0.3 is 10.2 Å². The van der Waals surface area contributed by atoms with E-state index in [1.807, 2.05) is 31.3 Å². The molecule has 0 unspecified atom stereocenters. The minimum atomic E-state index is 0.637. The Morgan fingerprint density at radius 1 is 1.07 bits per heavy atom. The minimum Gasteiger partial charge on any atom is -0.354 e. The third kappa shape index (κ3) is 3.00. The Morgan fingerprint density at radius 2 is 1.96 bits per heavy atom. The normalized spacial score (nSPS) is 14.8. The van der Waals surface area contributed by atoms with Crippen LogP contribution in [0.15, 0.2) is 48.7 Å². The van der Waals surface area contributed by atoms with Crippen LogP contribution in [0.4, 0.5) is 5.82 Å². The molecule has 0 aliphatic carbocycles. The van der Waals surface area contributed by atoms with Gasteiger partial charge in [-0.1, -0.05) is 18.2 Å². The number of rotatable bonds is 5. The van der Waals surface area contributed by atoms with Crippen molar-refractivity contribution in [3.8, 4) is 0 Å². The number of nitrogens with zero attached hydrogens (tertiary/aromatic N) is 6. The second kappa shape index (κ2) is 6.59. The smallest absolute Gasteiger partial charge is 0.178 e. The molecule has 0 bridgehead atoms. The van der Waals surface area contributed by atoms with Crippen LogP contribution in [0.5, 0.6) is 0 Å². The van der Waals surface area contributed by atoms with E-state index in [0.29, 0.717) is 5.92 Å². The van der Waals surface area contributed by atoms with Gasteiger partial charge in [-0.15, -0.1) is 15.3 Å². The van der Waals surface area contributed by atoms with Crippen LogP contribution in [0.2, 0.25) is 0 Å². The van der Waals surface area contributed by atoms with Crippen LogP contribution in [0.3, 0.4) is 0 Å². The fraction of sp³-hybridized carbons (Fsp3) is 0.300. The van der Waals surface area contributed by atoms with E-state index >= 15 is 0 Å². The van der Waals surface area contributed by atoms with Gasteiger partial charge >= 0.3 is 0 Å². The number of aryl methyl sites for hydroxylation is 1. The molecule has 0 amide bonds. The molecule has 5 rings (SSSR count). The quantitative estimate of drug-likeness (QED) is 0.589. The number of nitrogens with one attached hydrogen (secondary N) is 1. The highest BCUT2D eigenvalue weighted by molar-refractivity contribution is 5.81. The second-order valence-corrected chi connectivity index (χ2v) is 7.10. The number of benzene rings is 1. The maximum absolute atomic E-state index is 4.64. The molecule has 7 heteroatoms. The van der Waals surface area contributed by atoms with Crippen LogP contribution in [0.1, 0.15) is 11.4 Å². The van der Waals surface area contributed by atoms with Gasteiger partial charge in [0.05, 0.1) is 5.52 Å². The Kier molecular flexibility index (Phi) is 3.94. The third-order valence-corrected chi connectivity index (χ3v) is 5.17. The summed E-state index contributed by atoms with van der Waals surface area (Å²) in [7, 11) is 0. The molecule has 1 fully saturated rings. The van der Waals surface area contributed by atoms with Crippen LogP contribution in [0, 0.1) is 12.8 Å². The average molecular weight is 359 g/mol. The molecule has 1 saturated heterocycles. The number of hydrogen-bond acceptors (Lipinski definition) is 6. The predicted octanol–water partition coefficient (Wildman–Crippen LogP) is 2.21. The summed E-state index contributed by atoms with van der Waals surface area (Å²) in [5.41, 5.74) is 3.14. The molecule has 7 nitrogen and oxygen atoms in total. The van der Waals surface area contributed by atoms with Crippen molar-refractivity contribution in [2.45, 2.75) is 13.5 Å². The molecule has 1 aromatic carbocycles. The highest BCUT2D eigenvalue weighted by Gasteiger charge is 2.27. The summed E-state index contributed by atoms with van der Waals surface area (Å²) in [6.45, 7) is 5.82. The number of pyridine rings is 1. The number of para-hydroxylation sites is 1. The number of hydrogen-bond donors (Lipinski definition) is 1. The number of aromatic nitrogens is 5. The van der Waals surface area contributed by atoms with Crippen molar-refractivity contribution in [1.29, 1.82) is 0 Å². The zero-order valence-corrected chi connectivity index (χ0v) is 15.2. The maximum Gasteiger partial charge on any atom is 0.178 e. The van der Waals surface area contributed by atoms with Gasteiger partial charge in [-0.3, -0.25) is 4.98 Å². The predicted molar refractivity (Wildman–Crippen MR) is 105 cm³/mol. The summed E-state index contributed by atoms with van der Waals surface area (Å²) >= 11 is 0. The van der Waals surface area contributed by atoms with Gasteiger partial charge in [0, 0.05) is 43.7 Å². The van der Waals surface area contributed by atoms with Crippen molar-refractivity contribution in [3.63, 3.8) is 0 Å². The maximum atomic E-state index is 4.64. The van der Waals surface area contributed by atoms with Crippen molar-refractivity contribution in [2.75, 3.05) is 24.5 Å². The number of fused-ring (bicyclic) bond motifs is 2. The fourth-order valence-corrected chi connectivity index (χ4v) is 3.66. The number of anilines is 1. The first-order valence-electron chi connectivity index (χ1n) is 9.25. The summed E-state index contributed by atoms with van der Waals surface area (Å²) in [5.74, 6) is 2.44. The van der Waals surface area contributed by atoms with Crippen molar-refractivity contribution >= 4 is 22.4 Å². The molecule has 0 spiro atoms.